The number of hydrogen-bond donors (Lipinski definition) is 0. The lowest BCUT2D eigenvalue weighted by Gasteiger charge is -2.22. The van der Waals surface area contributed by atoms with Gasteiger partial charge in [-0.05, 0) is 43.7 Å². The molecule has 1 heterocycles. The second kappa shape index (κ2) is 7.05. The molecule has 0 aliphatic carbocycles. The molecule has 1 aromatic rings. The Bertz CT molecular complexity index is 575. The molecule has 0 aromatic heterocycles. The molecule has 1 atom stereocenters. The van der Waals surface area contributed by atoms with E-state index in [0.29, 0.717) is 35.9 Å². The third-order valence-electron chi connectivity index (χ3n) is 3.63. The van der Waals surface area contributed by atoms with E-state index in [-0.39, 0.29) is 11.8 Å². The second-order valence-corrected chi connectivity index (χ2v) is 5.80. The van der Waals surface area contributed by atoms with Crippen LogP contribution in [0.25, 0.3) is 0 Å². The Hall–Kier alpha value is -1.39. The molecule has 4 nitrogen and oxygen atoms in total. The van der Waals surface area contributed by atoms with Crippen molar-refractivity contribution in [3.05, 3.63) is 33.8 Å². The topological polar surface area (TPSA) is 49.7 Å². The number of aliphatic imine (C=N–C) groups is 1. The highest BCUT2D eigenvalue weighted by Gasteiger charge is 2.33. The highest BCUT2D eigenvalue weighted by Crippen LogP contribution is 2.24. The maximum atomic E-state index is 12.3. The summed E-state index contributed by atoms with van der Waals surface area (Å²) in [5.41, 5.74) is 0.946. The van der Waals surface area contributed by atoms with Crippen LogP contribution in [0.4, 0.5) is 0 Å². The van der Waals surface area contributed by atoms with Crippen LogP contribution in [0.2, 0.25) is 10.0 Å². The number of likely N-dealkylation sites (tertiary alicyclic amines) is 1. The average Bonchev–Trinajstić information content (AvgIpc) is 2.97. The summed E-state index contributed by atoms with van der Waals surface area (Å²) in [5, 5.41) is 0.973. The minimum atomic E-state index is -0.441. The van der Waals surface area contributed by atoms with E-state index in [1.165, 1.54) is 0 Å². The van der Waals surface area contributed by atoms with Gasteiger partial charge in [0.2, 0.25) is 5.91 Å². The molecule has 0 saturated carbocycles. The molecule has 2 rings (SSSR count). The summed E-state index contributed by atoms with van der Waals surface area (Å²) < 4.78 is 0. The summed E-state index contributed by atoms with van der Waals surface area (Å²) in [4.78, 5) is 28.9. The molecule has 0 bridgehead atoms. The van der Waals surface area contributed by atoms with Crippen LogP contribution in [0, 0.1) is 0 Å². The van der Waals surface area contributed by atoms with Crippen molar-refractivity contribution < 1.29 is 9.59 Å². The number of amides is 2. The summed E-state index contributed by atoms with van der Waals surface area (Å²) in [5.74, 6) is -0.365. The first-order chi connectivity index (χ1) is 10.0. The van der Waals surface area contributed by atoms with Crippen LogP contribution in [0.5, 0.6) is 0 Å². The highest BCUT2D eigenvalue weighted by molar-refractivity contribution is 6.42. The maximum absolute atomic E-state index is 12.3. The molecule has 1 fully saturated rings. The molecule has 1 aromatic carbocycles. The van der Waals surface area contributed by atoms with Gasteiger partial charge in [0.15, 0.2) is 0 Å². The van der Waals surface area contributed by atoms with Gasteiger partial charge in [0.05, 0.1) is 10.0 Å². The van der Waals surface area contributed by atoms with Crippen molar-refractivity contribution in [2.45, 2.75) is 31.7 Å². The van der Waals surface area contributed by atoms with Crippen LogP contribution >= 0.6 is 23.2 Å². The van der Waals surface area contributed by atoms with E-state index in [0.717, 1.165) is 12.0 Å². The summed E-state index contributed by atoms with van der Waals surface area (Å²) in [6, 6.07) is 4.88. The normalized spacial score (nSPS) is 17.8. The SMILES string of the molecule is C=NC(=O)[C@@H]1CCCN1C(=O)CCc1ccc(Cl)c(Cl)c1. The second-order valence-electron chi connectivity index (χ2n) is 4.99. The number of aryl methyl sites for hydroxylation is 1. The number of carbonyl (C=O) groups excluding carboxylic acids is 2. The first-order valence-electron chi connectivity index (χ1n) is 6.77. The number of nitrogens with zero attached hydrogens (tertiary/aromatic N) is 2. The van der Waals surface area contributed by atoms with Gasteiger partial charge in [-0.15, -0.1) is 0 Å². The maximum Gasteiger partial charge on any atom is 0.267 e. The van der Waals surface area contributed by atoms with Crippen LogP contribution in [-0.4, -0.2) is 36.0 Å². The molecule has 0 spiro atoms. The molecule has 1 aliphatic rings. The van der Waals surface area contributed by atoms with Crippen LogP contribution in [0.15, 0.2) is 23.2 Å². The van der Waals surface area contributed by atoms with Crippen LogP contribution < -0.4 is 0 Å². The van der Waals surface area contributed by atoms with Gasteiger partial charge < -0.3 is 4.90 Å². The molecule has 0 unspecified atom stereocenters. The van der Waals surface area contributed by atoms with Crippen LogP contribution in [0.1, 0.15) is 24.8 Å². The summed E-state index contributed by atoms with van der Waals surface area (Å²) >= 11 is 11.8. The fraction of sp³-hybridized carbons (Fsp3) is 0.400. The monoisotopic (exact) mass is 326 g/mol. The molecule has 112 valence electrons. The predicted octanol–water partition coefficient (Wildman–Crippen LogP) is 3.14. The third kappa shape index (κ3) is 3.83. The van der Waals surface area contributed by atoms with Crippen molar-refractivity contribution in [2.24, 2.45) is 4.99 Å². The van der Waals surface area contributed by atoms with E-state index in [2.05, 4.69) is 11.7 Å². The Kier molecular flexibility index (Phi) is 5.37. The minimum absolute atomic E-state index is 0.0411. The van der Waals surface area contributed by atoms with E-state index >= 15 is 0 Å². The van der Waals surface area contributed by atoms with E-state index in [1.54, 1.807) is 17.0 Å². The first-order valence-corrected chi connectivity index (χ1v) is 7.52. The molecule has 1 saturated heterocycles. The third-order valence-corrected chi connectivity index (χ3v) is 4.36. The number of hydrogen-bond acceptors (Lipinski definition) is 2. The molecular formula is C15H16Cl2N2O2. The van der Waals surface area contributed by atoms with Crippen molar-refractivity contribution in [1.29, 1.82) is 0 Å². The van der Waals surface area contributed by atoms with Crippen molar-refractivity contribution in [2.75, 3.05) is 6.54 Å². The van der Waals surface area contributed by atoms with Gasteiger partial charge in [0.1, 0.15) is 6.04 Å². The molecule has 6 heteroatoms. The van der Waals surface area contributed by atoms with Gasteiger partial charge in [-0.3, -0.25) is 9.59 Å². The summed E-state index contributed by atoms with van der Waals surface area (Å²) in [7, 11) is 0. The van der Waals surface area contributed by atoms with Crippen molar-refractivity contribution in [1.82, 2.24) is 4.90 Å². The summed E-state index contributed by atoms with van der Waals surface area (Å²) in [6.45, 7) is 3.85. The zero-order chi connectivity index (χ0) is 15.4. The first kappa shape index (κ1) is 16.0. The van der Waals surface area contributed by atoms with Crippen molar-refractivity contribution >= 4 is 41.7 Å². The molecular weight excluding hydrogens is 311 g/mol. The molecule has 1 aliphatic heterocycles. The van der Waals surface area contributed by atoms with Gasteiger partial charge in [-0.1, -0.05) is 29.3 Å². The van der Waals surface area contributed by atoms with Crippen LogP contribution in [-0.2, 0) is 16.0 Å². The Labute approximate surface area is 133 Å². The standard InChI is InChI=1S/C15H16Cl2N2O2/c1-18-15(21)13-3-2-8-19(13)14(20)7-5-10-4-6-11(16)12(17)9-10/h4,6,9,13H,1-3,5,7-8H2/t13-/m0/s1. The van der Waals surface area contributed by atoms with E-state index in [1.807, 2.05) is 6.07 Å². The lowest BCUT2D eigenvalue weighted by Crippen LogP contribution is -2.39. The smallest absolute Gasteiger partial charge is 0.267 e. The number of benzene rings is 1. The predicted molar refractivity (Wildman–Crippen MR) is 84.1 cm³/mol. The Morgan fingerprint density at radius 1 is 1.33 bits per heavy atom. The van der Waals surface area contributed by atoms with E-state index in [4.69, 9.17) is 23.2 Å². The zero-order valence-electron chi connectivity index (χ0n) is 11.5. The lowest BCUT2D eigenvalue weighted by atomic mass is 10.1. The van der Waals surface area contributed by atoms with Crippen molar-refractivity contribution in [3.63, 3.8) is 0 Å². The highest BCUT2D eigenvalue weighted by atomic mass is 35.5. The van der Waals surface area contributed by atoms with Gasteiger partial charge >= 0.3 is 0 Å². The molecule has 0 radical (unpaired) electrons. The number of rotatable bonds is 4. The average molecular weight is 327 g/mol. The van der Waals surface area contributed by atoms with E-state index < -0.39 is 6.04 Å². The van der Waals surface area contributed by atoms with Crippen LogP contribution in [0.3, 0.4) is 0 Å². The molecule has 2 amide bonds. The zero-order valence-corrected chi connectivity index (χ0v) is 13.0. The number of halogens is 2. The Morgan fingerprint density at radius 2 is 2.10 bits per heavy atom. The van der Waals surface area contributed by atoms with Gasteiger partial charge in [-0.25, -0.2) is 4.99 Å². The van der Waals surface area contributed by atoms with Gasteiger partial charge in [0, 0.05) is 13.0 Å². The van der Waals surface area contributed by atoms with Crippen molar-refractivity contribution in [3.8, 4) is 0 Å². The van der Waals surface area contributed by atoms with Gasteiger partial charge in [-0.2, -0.15) is 0 Å². The largest absolute Gasteiger partial charge is 0.331 e. The summed E-state index contributed by atoms with van der Waals surface area (Å²) in [6.07, 6.45) is 2.38. The van der Waals surface area contributed by atoms with E-state index in [9.17, 15) is 9.59 Å². The number of carbonyl (C=O) groups is 2. The molecule has 21 heavy (non-hydrogen) atoms. The lowest BCUT2D eigenvalue weighted by molar-refractivity contribution is -0.137. The quantitative estimate of drug-likeness (QED) is 0.798. The Balaban J connectivity index is 1.96. The molecule has 0 N–H and O–H groups in total. The fourth-order valence-electron chi connectivity index (χ4n) is 2.52. The minimum Gasteiger partial charge on any atom is -0.331 e. The fourth-order valence-corrected chi connectivity index (χ4v) is 2.84. The Morgan fingerprint density at radius 3 is 2.76 bits per heavy atom. The van der Waals surface area contributed by atoms with Gasteiger partial charge in [0.25, 0.3) is 5.91 Å².